The van der Waals surface area contributed by atoms with Gasteiger partial charge in [0.2, 0.25) is 5.91 Å². The van der Waals surface area contributed by atoms with Crippen LogP contribution in [-0.4, -0.2) is 18.4 Å². The molecule has 1 rings (SSSR count). The molecule has 0 bridgehead atoms. The van der Waals surface area contributed by atoms with Gasteiger partial charge < -0.3 is 4.74 Å². The molecule has 5 heteroatoms. The molecular formula is C15H22N2O3. The van der Waals surface area contributed by atoms with Gasteiger partial charge in [-0.2, -0.15) is 0 Å². The van der Waals surface area contributed by atoms with Crippen molar-refractivity contribution in [2.45, 2.75) is 33.6 Å². The van der Waals surface area contributed by atoms with Crippen LogP contribution in [0.4, 0.5) is 0 Å². The van der Waals surface area contributed by atoms with Crippen molar-refractivity contribution in [1.82, 2.24) is 10.9 Å². The third-order valence-corrected chi connectivity index (χ3v) is 2.72. The summed E-state index contributed by atoms with van der Waals surface area (Å²) in [5.74, 6) is 0.759. The van der Waals surface area contributed by atoms with E-state index in [4.69, 9.17) is 4.74 Å². The Labute approximate surface area is 119 Å². The average molecular weight is 278 g/mol. The fraction of sp³-hybridized carbons (Fsp3) is 0.467. The van der Waals surface area contributed by atoms with Gasteiger partial charge in [-0.1, -0.05) is 20.8 Å². The molecule has 20 heavy (non-hydrogen) atoms. The van der Waals surface area contributed by atoms with Crippen molar-refractivity contribution in [3.8, 4) is 5.75 Å². The van der Waals surface area contributed by atoms with Gasteiger partial charge in [0.05, 0.1) is 6.61 Å². The molecule has 0 heterocycles. The van der Waals surface area contributed by atoms with E-state index in [2.05, 4.69) is 24.7 Å². The van der Waals surface area contributed by atoms with E-state index in [1.54, 1.807) is 31.2 Å². The van der Waals surface area contributed by atoms with E-state index in [-0.39, 0.29) is 11.8 Å². The minimum Gasteiger partial charge on any atom is -0.494 e. The second kappa shape index (κ2) is 8.19. The van der Waals surface area contributed by atoms with Gasteiger partial charge in [-0.05, 0) is 36.6 Å². The predicted molar refractivity (Wildman–Crippen MR) is 77.3 cm³/mol. The van der Waals surface area contributed by atoms with Gasteiger partial charge in [0, 0.05) is 12.0 Å². The highest BCUT2D eigenvalue weighted by atomic mass is 16.5. The number of amides is 2. The maximum Gasteiger partial charge on any atom is 0.269 e. The number of benzene rings is 1. The smallest absolute Gasteiger partial charge is 0.269 e. The van der Waals surface area contributed by atoms with Crippen LogP contribution in [0.2, 0.25) is 0 Å². The number of nitrogens with one attached hydrogen (secondary N) is 2. The Kier molecular flexibility index (Phi) is 6.56. The van der Waals surface area contributed by atoms with Gasteiger partial charge in [0.25, 0.3) is 5.91 Å². The standard InChI is InChI=1S/C15H22N2O3/c1-4-14(18)16-17-15(19)12-5-7-13(8-6-12)20-10-9-11(2)3/h5-8,11H,4,9-10H2,1-3H3,(H,16,18)(H,17,19). The van der Waals surface area contributed by atoms with Crippen LogP contribution in [0.25, 0.3) is 0 Å². The van der Waals surface area contributed by atoms with Crippen LogP contribution in [-0.2, 0) is 4.79 Å². The van der Waals surface area contributed by atoms with Crippen LogP contribution in [0.3, 0.4) is 0 Å². The van der Waals surface area contributed by atoms with E-state index in [0.717, 1.165) is 12.2 Å². The van der Waals surface area contributed by atoms with Crippen molar-refractivity contribution < 1.29 is 14.3 Å². The molecule has 2 amide bonds. The van der Waals surface area contributed by atoms with Crippen LogP contribution in [0.1, 0.15) is 44.0 Å². The molecule has 0 aliphatic heterocycles. The minimum absolute atomic E-state index is 0.230. The molecule has 5 nitrogen and oxygen atoms in total. The quantitative estimate of drug-likeness (QED) is 0.784. The number of ether oxygens (including phenoxy) is 1. The van der Waals surface area contributed by atoms with Crippen LogP contribution in [0.15, 0.2) is 24.3 Å². The molecule has 0 unspecified atom stereocenters. The molecule has 0 atom stereocenters. The molecular weight excluding hydrogens is 256 g/mol. The normalized spacial score (nSPS) is 10.2. The topological polar surface area (TPSA) is 67.4 Å². The van der Waals surface area contributed by atoms with Gasteiger partial charge in [-0.15, -0.1) is 0 Å². The zero-order valence-corrected chi connectivity index (χ0v) is 12.2. The first kappa shape index (κ1) is 16.0. The van der Waals surface area contributed by atoms with E-state index >= 15 is 0 Å². The number of hydrogen-bond donors (Lipinski definition) is 2. The molecule has 0 radical (unpaired) electrons. The lowest BCUT2D eigenvalue weighted by Crippen LogP contribution is -2.41. The SMILES string of the molecule is CCC(=O)NNC(=O)c1ccc(OCCC(C)C)cc1. The summed E-state index contributed by atoms with van der Waals surface area (Å²) >= 11 is 0. The van der Waals surface area contributed by atoms with E-state index in [9.17, 15) is 9.59 Å². The second-order valence-electron chi connectivity index (χ2n) is 4.91. The van der Waals surface area contributed by atoms with Gasteiger partial charge in [0.1, 0.15) is 5.75 Å². The number of carbonyl (C=O) groups excluding carboxylic acids is 2. The Morgan fingerprint density at radius 1 is 1.15 bits per heavy atom. The number of carbonyl (C=O) groups is 2. The fourth-order valence-electron chi connectivity index (χ4n) is 1.40. The molecule has 0 saturated carbocycles. The first-order chi connectivity index (χ1) is 9.52. The fourth-order valence-corrected chi connectivity index (χ4v) is 1.40. The monoisotopic (exact) mass is 278 g/mol. The second-order valence-corrected chi connectivity index (χ2v) is 4.91. The first-order valence-corrected chi connectivity index (χ1v) is 6.85. The van der Waals surface area contributed by atoms with Crippen LogP contribution in [0, 0.1) is 5.92 Å². The van der Waals surface area contributed by atoms with Crippen molar-refractivity contribution in [2.75, 3.05) is 6.61 Å². The maximum atomic E-state index is 11.7. The number of hydrazine groups is 1. The van der Waals surface area contributed by atoms with E-state index in [0.29, 0.717) is 24.5 Å². The van der Waals surface area contributed by atoms with Gasteiger partial charge >= 0.3 is 0 Å². The number of hydrogen-bond acceptors (Lipinski definition) is 3. The lowest BCUT2D eigenvalue weighted by Gasteiger charge is -2.09. The van der Waals surface area contributed by atoms with Crippen LogP contribution in [0.5, 0.6) is 5.75 Å². The van der Waals surface area contributed by atoms with Gasteiger partial charge in [0.15, 0.2) is 0 Å². The van der Waals surface area contributed by atoms with Crippen molar-refractivity contribution >= 4 is 11.8 Å². The molecule has 0 fully saturated rings. The summed E-state index contributed by atoms with van der Waals surface area (Å²) in [6.45, 7) is 6.66. The average Bonchev–Trinajstić information content (AvgIpc) is 2.44. The Morgan fingerprint density at radius 3 is 2.35 bits per heavy atom. The summed E-state index contributed by atoms with van der Waals surface area (Å²) in [5, 5.41) is 0. The summed E-state index contributed by atoms with van der Waals surface area (Å²) < 4.78 is 5.57. The van der Waals surface area contributed by atoms with E-state index < -0.39 is 0 Å². The van der Waals surface area contributed by atoms with Crippen molar-refractivity contribution in [2.24, 2.45) is 5.92 Å². The molecule has 1 aromatic rings. The summed E-state index contributed by atoms with van der Waals surface area (Å²) in [7, 11) is 0. The van der Waals surface area contributed by atoms with Gasteiger partial charge in [-0.25, -0.2) is 0 Å². The lowest BCUT2D eigenvalue weighted by atomic mass is 10.1. The van der Waals surface area contributed by atoms with Crippen molar-refractivity contribution in [3.05, 3.63) is 29.8 Å². The zero-order valence-electron chi connectivity index (χ0n) is 12.2. The lowest BCUT2D eigenvalue weighted by molar-refractivity contribution is -0.121. The van der Waals surface area contributed by atoms with Crippen LogP contribution < -0.4 is 15.6 Å². The zero-order chi connectivity index (χ0) is 15.0. The molecule has 0 spiro atoms. The Hall–Kier alpha value is -2.04. The summed E-state index contributed by atoms with van der Waals surface area (Å²) in [6, 6.07) is 6.82. The Balaban J connectivity index is 2.45. The molecule has 0 aliphatic carbocycles. The molecule has 1 aromatic carbocycles. The Bertz CT molecular complexity index is 441. The first-order valence-electron chi connectivity index (χ1n) is 6.85. The van der Waals surface area contributed by atoms with E-state index in [1.165, 1.54) is 0 Å². The van der Waals surface area contributed by atoms with Crippen molar-refractivity contribution in [1.29, 1.82) is 0 Å². The molecule has 0 aromatic heterocycles. The van der Waals surface area contributed by atoms with E-state index in [1.807, 2.05) is 0 Å². The highest BCUT2D eigenvalue weighted by molar-refractivity contribution is 5.95. The predicted octanol–water partition coefficient (Wildman–Crippen LogP) is 2.28. The summed E-state index contributed by atoms with van der Waals surface area (Å²) in [5.41, 5.74) is 5.14. The number of rotatable bonds is 6. The molecule has 0 saturated heterocycles. The minimum atomic E-state index is -0.347. The maximum absolute atomic E-state index is 11.7. The third kappa shape index (κ3) is 5.73. The molecule has 2 N–H and O–H groups in total. The van der Waals surface area contributed by atoms with Gasteiger partial charge in [-0.3, -0.25) is 20.4 Å². The van der Waals surface area contributed by atoms with Crippen molar-refractivity contribution in [3.63, 3.8) is 0 Å². The van der Waals surface area contributed by atoms with Crippen LogP contribution >= 0.6 is 0 Å². The third-order valence-electron chi connectivity index (χ3n) is 2.72. The Morgan fingerprint density at radius 2 is 1.80 bits per heavy atom. The summed E-state index contributed by atoms with van der Waals surface area (Å²) in [4.78, 5) is 22.7. The summed E-state index contributed by atoms with van der Waals surface area (Å²) in [6.07, 6.45) is 1.31. The molecule has 0 aliphatic rings. The highest BCUT2D eigenvalue weighted by Gasteiger charge is 2.06. The highest BCUT2D eigenvalue weighted by Crippen LogP contribution is 2.13. The largest absolute Gasteiger partial charge is 0.494 e. The molecule has 110 valence electrons.